The predicted octanol–water partition coefficient (Wildman–Crippen LogP) is 1.19. The number of H-pyrrole nitrogens is 1. The number of nitrogens with zero attached hydrogens (tertiary/aromatic N) is 1. The van der Waals surface area contributed by atoms with Crippen LogP contribution >= 0.6 is 11.6 Å². The van der Waals surface area contributed by atoms with E-state index in [1.807, 2.05) is 0 Å². The van der Waals surface area contributed by atoms with Crippen LogP contribution in [0.25, 0.3) is 5.69 Å². The number of hydrogen-bond acceptors (Lipinski definition) is 3. The molecule has 0 aliphatic heterocycles. The molecule has 0 radical (unpaired) electrons. The van der Waals surface area contributed by atoms with Crippen LogP contribution < -0.4 is 11.2 Å². The highest BCUT2D eigenvalue weighted by molar-refractivity contribution is 6.31. The maximum Gasteiger partial charge on any atom is 0.352 e. The molecule has 1 aromatic heterocycles. The van der Waals surface area contributed by atoms with Gasteiger partial charge in [-0.25, -0.2) is 14.2 Å². The summed E-state index contributed by atoms with van der Waals surface area (Å²) in [6.45, 7) is 1.66. The number of aromatic nitrogens is 2. The number of hydrogen-bond donors (Lipinski definition) is 2. The summed E-state index contributed by atoms with van der Waals surface area (Å²) in [5.41, 5.74) is -1.14. The Morgan fingerprint density at radius 1 is 1.37 bits per heavy atom. The average Bonchev–Trinajstić information content (AvgIpc) is 2.33. The Labute approximate surface area is 111 Å². The largest absolute Gasteiger partial charge is 0.477 e. The SMILES string of the molecule is Cc1c(Cl)cccc1-n1c(=O)cc(C(=O)O)[nH]c1=O. The molecule has 98 valence electrons. The first-order valence-electron chi connectivity index (χ1n) is 5.27. The summed E-state index contributed by atoms with van der Waals surface area (Å²) in [5.74, 6) is -1.37. The third kappa shape index (κ3) is 2.30. The maximum atomic E-state index is 11.9. The van der Waals surface area contributed by atoms with E-state index in [-0.39, 0.29) is 0 Å². The zero-order valence-electron chi connectivity index (χ0n) is 9.81. The van der Waals surface area contributed by atoms with Gasteiger partial charge in [-0.3, -0.25) is 4.79 Å². The molecule has 0 aliphatic rings. The van der Waals surface area contributed by atoms with Crippen molar-refractivity contribution in [1.29, 1.82) is 0 Å². The highest BCUT2D eigenvalue weighted by Crippen LogP contribution is 2.19. The number of aromatic carboxylic acids is 1. The second-order valence-electron chi connectivity index (χ2n) is 3.85. The van der Waals surface area contributed by atoms with Crippen LogP contribution in [0.4, 0.5) is 0 Å². The van der Waals surface area contributed by atoms with Crippen molar-refractivity contribution in [2.24, 2.45) is 0 Å². The van der Waals surface area contributed by atoms with Crippen LogP contribution in [-0.2, 0) is 0 Å². The van der Waals surface area contributed by atoms with Gasteiger partial charge >= 0.3 is 11.7 Å². The number of carboxylic acids is 1. The molecule has 0 amide bonds. The van der Waals surface area contributed by atoms with Crippen molar-refractivity contribution < 1.29 is 9.90 Å². The number of carbonyl (C=O) groups is 1. The summed E-state index contributed by atoms with van der Waals surface area (Å²) < 4.78 is 0.841. The van der Waals surface area contributed by atoms with Crippen molar-refractivity contribution in [3.05, 3.63) is 61.4 Å². The van der Waals surface area contributed by atoms with E-state index in [2.05, 4.69) is 4.98 Å². The zero-order chi connectivity index (χ0) is 14.2. The molecule has 0 spiro atoms. The molecule has 2 rings (SSSR count). The van der Waals surface area contributed by atoms with Crippen molar-refractivity contribution in [1.82, 2.24) is 9.55 Å². The van der Waals surface area contributed by atoms with Crippen LogP contribution in [0.2, 0.25) is 5.02 Å². The average molecular weight is 281 g/mol. The lowest BCUT2D eigenvalue weighted by atomic mass is 10.2. The van der Waals surface area contributed by atoms with E-state index in [9.17, 15) is 14.4 Å². The summed E-state index contributed by atoms with van der Waals surface area (Å²) in [7, 11) is 0. The van der Waals surface area contributed by atoms with Gasteiger partial charge in [0.25, 0.3) is 5.56 Å². The molecule has 0 unspecified atom stereocenters. The van der Waals surface area contributed by atoms with E-state index in [1.54, 1.807) is 25.1 Å². The molecule has 6 nitrogen and oxygen atoms in total. The molecular formula is C12H9ClN2O4. The Morgan fingerprint density at radius 2 is 2.05 bits per heavy atom. The van der Waals surface area contributed by atoms with E-state index in [1.165, 1.54) is 0 Å². The molecule has 2 aromatic rings. The number of carboxylic acid groups (broad SMARTS) is 1. The molecule has 7 heteroatoms. The first kappa shape index (κ1) is 13.1. The van der Waals surface area contributed by atoms with Crippen molar-refractivity contribution in [3.63, 3.8) is 0 Å². The van der Waals surface area contributed by atoms with Crippen molar-refractivity contribution in [2.45, 2.75) is 6.92 Å². The molecule has 1 aromatic carbocycles. The maximum absolute atomic E-state index is 11.9. The van der Waals surface area contributed by atoms with E-state index in [0.29, 0.717) is 16.3 Å². The summed E-state index contributed by atoms with van der Waals surface area (Å²) in [6, 6.07) is 5.63. The molecule has 0 atom stereocenters. The summed E-state index contributed by atoms with van der Waals surface area (Å²) >= 11 is 5.93. The van der Waals surface area contributed by atoms with Gasteiger partial charge in [0.2, 0.25) is 0 Å². The molecule has 0 saturated carbocycles. The van der Waals surface area contributed by atoms with Gasteiger partial charge in [0.15, 0.2) is 0 Å². The second-order valence-corrected chi connectivity index (χ2v) is 4.26. The lowest BCUT2D eigenvalue weighted by molar-refractivity contribution is 0.0689. The molecule has 1 heterocycles. The van der Waals surface area contributed by atoms with Crippen LogP contribution in [0.3, 0.4) is 0 Å². The molecule has 0 saturated heterocycles. The molecule has 0 bridgehead atoms. The van der Waals surface area contributed by atoms with Crippen molar-refractivity contribution >= 4 is 17.6 Å². The Morgan fingerprint density at radius 3 is 2.63 bits per heavy atom. The zero-order valence-corrected chi connectivity index (χ0v) is 10.6. The number of aromatic amines is 1. The van der Waals surface area contributed by atoms with Gasteiger partial charge < -0.3 is 10.1 Å². The van der Waals surface area contributed by atoms with Crippen LogP contribution in [-0.4, -0.2) is 20.6 Å². The quantitative estimate of drug-likeness (QED) is 0.864. The third-order valence-electron chi connectivity index (χ3n) is 2.64. The van der Waals surface area contributed by atoms with Crippen LogP contribution in [0.15, 0.2) is 33.9 Å². The first-order chi connectivity index (χ1) is 8.91. The molecule has 2 N–H and O–H groups in total. The van der Waals surface area contributed by atoms with Gasteiger partial charge in [-0.15, -0.1) is 0 Å². The summed E-state index contributed by atoms with van der Waals surface area (Å²) in [5, 5.41) is 9.16. The number of nitrogens with one attached hydrogen (secondary N) is 1. The molecule has 0 fully saturated rings. The Balaban J connectivity index is 2.78. The smallest absolute Gasteiger partial charge is 0.352 e. The minimum atomic E-state index is -1.37. The lowest BCUT2D eigenvalue weighted by Crippen LogP contribution is -2.35. The summed E-state index contributed by atoms with van der Waals surface area (Å²) in [6.07, 6.45) is 0. The number of rotatable bonds is 2. The normalized spacial score (nSPS) is 10.4. The van der Waals surface area contributed by atoms with Gasteiger partial charge in [-0.05, 0) is 24.6 Å². The Bertz CT molecular complexity index is 745. The van der Waals surface area contributed by atoms with E-state index in [0.717, 1.165) is 10.6 Å². The highest BCUT2D eigenvalue weighted by Gasteiger charge is 2.13. The predicted molar refractivity (Wildman–Crippen MR) is 69.4 cm³/mol. The van der Waals surface area contributed by atoms with E-state index < -0.39 is 22.9 Å². The first-order valence-corrected chi connectivity index (χ1v) is 5.65. The minimum absolute atomic E-state index is 0.315. The Kier molecular flexibility index (Phi) is 3.26. The monoisotopic (exact) mass is 280 g/mol. The third-order valence-corrected chi connectivity index (χ3v) is 3.05. The van der Waals surface area contributed by atoms with Gasteiger partial charge in [-0.2, -0.15) is 0 Å². The second kappa shape index (κ2) is 4.74. The van der Waals surface area contributed by atoms with Crippen LogP contribution in [0, 0.1) is 6.92 Å². The highest BCUT2D eigenvalue weighted by atomic mass is 35.5. The van der Waals surface area contributed by atoms with Crippen molar-refractivity contribution in [2.75, 3.05) is 0 Å². The van der Waals surface area contributed by atoms with Gasteiger partial charge in [0, 0.05) is 11.1 Å². The standard InChI is InChI=1S/C12H9ClN2O4/c1-6-7(13)3-2-4-9(6)15-10(16)5-8(11(17)18)14-12(15)19/h2-5H,1H3,(H,14,19)(H,17,18). The fourth-order valence-electron chi connectivity index (χ4n) is 1.68. The summed E-state index contributed by atoms with van der Waals surface area (Å²) in [4.78, 5) is 36.6. The van der Waals surface area contributed by atoms with Gasteiger partial charge in [-0.1, -0.05) is 17.7 Å². The fraction of sp³-hybridized carbons (Fsp3) is 0.0833. The van der Waals surface area contributed by atoms with Gasteiger partial charge in [0.05, 0.1) is 5.69 Å². The van der Waals surface area contributed by atoms with Crippen molar-refractivity contribution in [3.8, 4) is 5.69 Å². The lowest BCUT2D eigenvalue weighted by Gasteiger charge is -2.09. The fourth-order valence-corrected chi connectivity index (χ4v) is 1.85. The van der Waals surface area contributed by atoms with Crippen LogP contribution in [0.5, 0.6) is 0 Å². The minimum Gasteiger partial charge on any atom is -0.477 e. The Hall–Kier alpha value is -2.34. The molecule has 19 heavy (non-hydrogen) atoms. The van der Waals surface area contributed by atoms with E-state index in [4.69, 9.17) is 16.7 Å². The van der Waals surface area contributed by atoms with Gasteiger partial charge in [0.1, 0.15) is 5.69 Å². The number of halogens is 1. The topological polar surface area (TPSA) is 92.2 Å². The molecule has 0 aliphatic carbocycles. The number of benzene rings is 1. The van der Waals surface area contributed by atoms with E-state index >= 15 is 0 Å². The molecular weight excluding hydrogens is 272 g/mol. The van der Waals surface area contributed by atoms with Crippen LogP contribution in [0.1, 0.15) is 16.1 Å².